The Hall–Kier alpha value is -3.43. The molecule has 2 aromatic rings. The predicted molar refractivity (Wildman–Crippen MR) is 135 cm³/mol. The lowest BCUT2D eigenvalue weighted by atomic mass is 10.1. The number of aromatic nitrogens is 2. The summed E-state index contributed by atoms with van der Waals surface area (Å²) in [4.78, 5) is 32.4. The maximum Gasteiger partial charge on any atom is 0.490 e. The lowest BCUT2D eigenvalue weighted by Gasteiger charge is -2.30. The van der Waals surface area contributed by atoms with E-state index in [4.69, 9.17) is 26.8 Å². The number of carboxylic acid groups (broad SMARTS) is 1. The number of nitrogens with one attached hydrogen (secondary N) is 1. The predicted octanol–water partition coefficient (Wildman–Crippen LogP) is 4.96. The molecule has 3 rings (SSSR count). The van der Waals surface area contributed by atoms with Gasteiger partial charge in [-0.2, -0.15) is 23.4 Å². The number of carbonyl (C=O) groups is 2. The van der Waals surface area contributed by atoms with Crippen LogP contribution in [0.2, 0.25) is 5.02 Å². The second-order valence-electron chi connectivity index (χ2n) is 8.82. The van der Waals surface area contributed by atoms with Gasteiger partial charge < -0.3 is 10.0 Å². The maximum atomic E-state index is 13.0. The zero-order valence-corrected chi connectivity index (χ0v) is 21.9. The van der Waals surface area contributed by atoms with Crippen molar-refractivity contribution in [1.29, 1.82) is 5.26 Å². The van der Waals surface area contributed by atoms with Gasteiger partial charge in [0.25, 0.3) is 5.91 Å². The number of hydrazine groups is 1. The smallest absolute Gasteiger partial charge is 0.475 e. The minimum absolute atomic E-state index is 0.0215. The van der Waals surface area contributed by atoms with Crippen LogP contribution in [0.4, 0.5) is 19.0 Å². The normalized spacial score (nSPS) is 13.4. The first kappa shape index (κ1) is 30.8. The first-order chi connectivity index (χ1) is 18.0. The number of nitriles is 1. The van der Waals surface area contributed by atoms with E-state index < -0.39 is 12.1 Å². The van der Waals surface area contributed by atoms with Gasteiger partial charge in [0.1, 0.15) is 11.1 Å². The van der Waals surface area contributed by atoms with Crippen molar-refractivity contribution in [2.45, 2.75) is 64.2 Å². The molecule has 1 aliphatic rings. The second kappa shape index (κ2) is 14.5. The summed E-state index contributed by atoms with van der Waals surface area (Å²) in [5.74, 6) is -2.60. The Morgan fingerprint density at radius 3 is 2.37 bits per heavy atom. The van der Waals surface area contributed by atoms with Gasteiger partial charge in [-0.3, -0.25) is 15.2 Å². The molecule has 0 saturated heterocycles. The Balaban J connectivity index is 0.000000638. The number of unbranched alkanes of at least 4 members (excludes halogenated alkanes) is 1. The zero-order chi connectivity index (χ0) is 28.3. The lowest BCUT2D eigenvalue weighted by Crippen LogP contribution is -2.48. The van der Waals surface area contributed by atoms with Gasteiger partial charge in [-0.05, 0) is 50.6 Å². The number of anilines is 1. The first-order valence-electron chi connectivity index (χ1n) is 12.1. The number of halogens is 4. The van der Waals surface area contributed by atoms with E-state index in [1.54, 1.807) is 5.01 Å². The Kier molecular flexibility index (Phi) is 11.7. The third-order valence-electron chi connectivity index (χ3n) is 5.77. The molecule has 0 bridgehead atoms. The highest BCUT2D eigenvalue weighted by atomic mass is 35.5. The molecule has 38 heavy (non-hydrogen) atoms. The van der Waals surface area contributed by atoms with Gasteiger partial charge in [0.15, 0.2) is 5.82 Å². The summed E-state index contributed by atoms with van der Waals surface area (Å²) in [5.41, 5.74) is 4.70. The Labute approximate surface area is 224 Å². The molecule has 1 saturated carbocycles. The number of hydrogen-bond acceptors (Lipinski definition) is 7. The molecule has 0 aliphatic heterocycles. The second-order valence-corrected chi connectivity index (χ2v) is 9.22. The van der Waals surface area contributed by atoms with Crippen LogP contribution in [0.15, 0.2) is 30.5 Å². The summed E-state index contributed by atoms with van der Waals surface area (Å²) in [6.07, 6.45) is 2.66. The molecule has 1 heterocycles. The molecule has 0 spiro atoms. The van der Waals surface area contributed by atoms with Gasteiger partial charge in [0.2, 0.25) is 5.82 Å². The SMILES string of the molecule is CCCCN(C)Cc1ccc(C(=O)NN(c2nc(C#N)ncc2Cl)C2CCCC2)cc1.O=C(O)C(F)(F)F. The summed E-state index contributed by atoms with van der Waals surface area (Å²) >= 11 is 6.33. The minimum atomic E-state index is -5.08. The summed E-state index contributed by atoms with van der Waals surface area (Å²) in [7, 11) is 2.11. The van der Waals surface area contributed by atoms with Crippen LogP contribution >= 0.6 is 11.6 Å². The average Bonchev–Trinajstić information content (AvgIpc) is 3.41. The van der Waals surface area contributed by atoms with Gasteiger partial charge >= 0.3 is 12.1 Å². The Morgan fingerprint density at radius 1 is 1.24 bits per heavy atom. The van der Waals surface area contributed by atoms with Crippen molar-refractivity contribution >= 4 is 29.3 Å². The van der Waals surface area contributed by atoms with Crippen molar-refractivity contribution in [3.63, 3.8) is 0 Å². The van der Waals surface area contributed by atoms with Crippen LogP contribution < -0.4 is 10.4 Å². The Bertz CT molecular complexity index is 1120. The van der Waals surface area contributed by atoms with Gasteiger partial charge in [-0.25, -0.2) is 9.78 Å². The fraction of sp³-hybridized carbons (Fsp3) is 0.480. The molecule has 0 atom stereocenters. The maximum absolute atomic E-state index is 13.0. The largest absolute Gasteiger partial charge is 0.490 e. The van der Waals surface area contributed by atoms with E-state index in [2.05, 4.69) is 34.3 Å². The van der Waals surface area contributed by atoms with Crippen LogP contribution in [0.1, 0.15) is 67.2 Å². The molecule has 1 aromatic carbocycles. The number of benzene rings is 1. The first-order valence-corrected chi connectivity index (χ1v) is 12.4. The van der Waals surface area contributed by atoms with E-state index in [-0.39, 0.29) is 17.8 Å². The number of alkyl halides is 3. The number of nitrogens with zero attached hydrogens (tertiary/aromatic N) is 5. The van der Waals surface area contributed by atoms with Crippen molar-refractivity contribution < 1.29 is 27.9 Å². The zero-order valence-electron chi connectivity index (χ0n) is 21.1. The van der Waals surface area contributed by atoms with Crippen molar-refractivity contribution in [2.24, 2.45) is 0 Å². The number of carbonyl (C=O) groups excluding carboxylic acids is 1. The molecule has 0 unspecified atom stereocenters. The number of hydrogen-bond donors (Lipinski definition) is 2. The van der Waals surface area contributed by atoms with Crippen LogP contribution in [0.25, 0.3) is 0 Å². The van der Waals surface area contributed by atoms with E-state index in [1.165, 1.54) is 24.6 Å². The van der Waals surface area contributed by atoms with E-state index >= 15 is 0 Å². The number of aliphatic carboxylic acids is 1. The minimum Gasteiger partial charge on any atom is -0.475 e. The van der Waals surface area contributed by atoms with Gasteiger partial charge in [-0.15, -0.1) is 0 Å². The highest BCUT2D eigenvalue weighted by molar-refractivity contribution is 6.32. The monoisotopic (exact) mass is 554 g/mol. The van der Waals surface area contributed by atoms with Gasteiger partial charge in [0.05, 0.1) is 12.2 Å². The standard InChI is InChI=1S/C23H29ClN6O.C2HF3O2/c1-3-4-13-29(2)16-17-9-11-18(12-10-17)23(31)28-30(19-7-5-6-8-19)22-20(24)15-26-21(14-25)27-22;3-2(4,5)1(6)7/h9-12,15,19H,3-8,13,16H2,1-2H3,(H,28,31);(H,6,7). The van der Waals surface area contributed by atoms with Crippen LogP contribution in [0, 0.1) is 11.3 Å². The number of amides is 1. The summed E-state index contributed by atoms with van der Waals surface area (Å²) in [5, 5.41) is 18.3. The fourth-order valence-electron chi connectivity index (χ4n) is 3.81. The number of carboxylic acids is 1. The molecular weight excluding hydrogens is 525 g/mol. The molecule has 1 aliphatic carbocycles. The summed E-state index contributed by atoms with van der Waals surface area (Å²) in [6, 6.07) is 9.67. The topological polar surface area (TPSA) is 122 Å². The highest BCUT2D eigenvalue weighted by Gasteiger charge is 2.38. The molecule has 1 aromatic heterocycles. The lowest BCUT2D eigenvalue weighted by molar-refractivity contribution is -0.192. The Morgan fingerprint density at radius 2 is 1.84 bits per heavy atom. The quantitative estimate of drug-likeness (QED) is 0.417. The van der Waals surface area contributed by atoms with Crippen molar-refractivity contribution in [2.75, 3.05) is 18.6 Å². The van der Waals surface area contributed by atoms with Crippen molar-refractivity contribution in [3.8, 4) is 6.07 Å². The fourth-order valence-corrected chi connectivity index (χ4v) is 4.00. The third-order valence-corrected chi connectivity index (χ3v) is 6.04. The van der Waals surface area contributed by atoms with E-state index in [0.29, 0.717) is 16.4 Å². The van der Waals surface area contributed by atoms with Gasteiger partial charge in [-0.1, -0.05) is 49.9 Å². The molecule has 13 heteroatoms. The van der Waals surface area contributed by atoms with Crippen LogP contribution in [-0.4, -0.2) is 57.7 Å². The van der Waals surface area contributed by atoms with Crippen LogP contribution in [-0.2, 0) is 11.3 Å². The molecule has 0 radical (unpaired) electrons. The molecular formula is C25H30ClF3N6O3. The highest BCUT2D eigenvalue weighted by Crippen LogP contribution is 2.30. The van der Waals surface area contributed by atoms with E-state index in [9.17, 15) is 18.0 Å². The molecule has 1 amide bonds. The number of rotatable bonds is 9. The van der Waals surface area contributed by atoms with Crippen molar-refractivity contribution in [3.05, 3.63) is 52.4 Å². The van der Waals surface area contributed by atoms with Crippen LogP contribution in [0.3, 0.4) is 0 Å². The van der Waals surface area contributed by atoms with Gasteiger partial charge in [0, 0.05) is 12.1 Å². The average molecular weight is 555 g/mol. The molecule has 1 fully saturated rings. The summed E-state index contributed by atoms with van der Waals surface area (Å²) in [6.45, 7) is 4.09. The summed E-state index contributed by atoms with van der Waals surface area (Å²) < 4.78 is 31.7. The molecule has 206 valence electrons. The molecule has 2 N–H and O–H groups in total. The van der Waals surface area contributed by atoms with E-state index in [0.717, 1.165) is 38.8 Å². The third kappa shape index (κ3) is 9.46. The van der Waals surface area contributed by atoms with E-state index in [1.807, 2.05) is 30.3 Å². The molecule has 9 nitrogen and oxygen atoms in total. The van der Waals surface area contributed by atoms with Crippen LogP contribution in [0.5, 0.6) is 0 Å². The van der Waals surface area contributed by atoms with Crippen molar-refractivity contribution in [1.82, 2.24) is 20.3 Å².